The molecule has 1 amide bonds. The van der Waals surface area contributed by atoms with Crippen molar-refractivity contribution in [2.45, 2.75) is 25.4 Å². The van der Waals surface area contributed by atoms with Crippen LogP contribution in [0.1, 0.15) is 24.4 Å². The van der Waals surface area contributed by atoms with Crippen LogP contribution in [0, 0.1) is 11.7 Å². The zero-order valence-electron chi connectivity index (χ0n) is 20.8. The maximum Gasteiger partial charge on any atom is 0.229 e. The number of carbonyl (C=O) groups excluding carboxylic acids is 1. The first-order valence-electron chi connectivity index (χ1n) is 12.3. The van der Waals surface area contributed by atoms with E-state index in [1.54, 1.807) is 24.4 Å². The molecular weight excluding hydrogens is 493 g/mol. The van der Waals surface area contributed by atoms with Crippen LogP contribution in [0.5, 0.6) is 0 Å². The first-order chi connectivity index (χ1) is 17.9. The molecular formula is C27H29ClFN7O. The Morgan fingerprint density at radius 1 is 1.27 bits per heavy atom. The van der Waals surface area contributed by atoms with Crippen LogP contribution in [0.15, 0.2) is 54.7 Å². The van der Waals surface area contributed by atoms with Crippen LogP contribution < -0.4 is 10.6 Å². The predicted octanol–water partition coefficient (Wildman–Crippen LogP) is 4.53. The zero-order valence-corrected chi connectivity index (χ0v) is 21.5. The molecule has 192 valence electrons. The molecule has 0 aliphatic carbocycles. The molecule has 8 nitrogen and oxygen atoms in total. The van der Waals surface area contributed by atoms with Crippen LogP contribution in [0.3, 0.4) is 0 Å². The summed E-state index contributed by atoms with van der Waals surface area (Å²) in [6, 6.07) is 14.1. The number of pyridine rings is 1. The highest BCUT2D eigenvalue weighted by molar-refractivity contribution is 6.33. The number of likely N-dealkylation sites (N-methyl/N-ethyl adjacent to an activating group) is 1. The van der Waals surface area contributed by atoms with Crippen molar-refractivity contribution >= 4 is 34.4 Å². The number of carbonyl (C=O) groups is 1. The van der Waals surface area contributed by atoms with Crippen LogP contribution in [0.2, 0.25) is 5.02 Å². The first kappa shape index (κ1) is 25.3. The zero-order chi connectivity index (χ0) is 25.9. The highest BCUT2D eigenvalue weighted by Gasteiger charge is 2.22. The van der Waals surface area contributed by atoms with Gasteiger partial charge in [-0.1, -0.05) is 35.0 Å². The van der Waals surface area contributed by atoms with E-state index in [1.165, 1.54) is 6.07 Å². The molecule has 1 saturated heterocycles. The van der Waals surface area contributed by atoms with Gasteiger partial charge in [0.25, 0.3) is 0 Å². The Morgan fingerprint density at radius 2 is 2.14 bits per heavy atom. The van der Waals surface area contributed by atoms with Crippen LogP contribution in [-0.4, -0.2) is 58.0 Å². The van der Waals surface area contributed by atoms with Crippen molar-refractivity contribution in [3.63, 3.8) is 0 Å². The first-order valence-corrected chi connectivity index (χ1v) is 12.7. The molecule has 1 aliphatic heterocycles. The summed E-state index contributed by atoms with van der Waals surface area (Å²) in [7, 11) is 3.91. The lowest BCUT2D eigenvalue weighted by molar-refractivity contribution is -0.120. The Morgan fingerprint density at radius 3 is 2.89 bits per heavy atom. The average molecular weight is 522 g/mol. The number of hydrogen-bond acceptors (Lipinski definition) is 6. The van der Waals surface area contributed by atoms with E-state index in [-0.39, 0.29) is 23.7 Å². The van der Waals surface area contributed by atoms with Gasteiger partial charge in [-0.25, -0.2) is 14.1 Å². The number of hydrogen-bond donors (Lipinski definition) is 2. The fourth-order valence-electron chi connectivity index (χ4n) is 4.74. The van der Waals surface area contributed by atoms with Gasteiger partial charge in [-0.15, -0.1) is 5.10 Å². The summed E-state index contributed by atoms with van der Waals surface area (Å²) in [5, 5.41) is 15.4. The smallest absolute Gasteiger partial charge is 0.229 e. The Bertz CT molecular complexity index is 1420. The second-order valence-electron chi connectivity index (χ2n) is 9.59. The number of fused-ring (bicyclic) bond motifs is 1. The van der Waals surface area contributed by atoms with Gasteiger partial charge in [0.15, 0.2) is 0 Å². The highest BCUT2D eigenvalue weighted by atomic mass is 35.5. The van der Waals surface area contributed by atoms with Crippen molar-refractivity contribution in [3.05, 3.63) is 71.1 Å². The van der Waals surface area contributed by atoms with Gasteiger partial charge in [0.1, 0.15) is 17.2 Å². The summed E-state index contributed by atoms with van der Waals surface area (Å²) in [6.45, 7) is 2.10. The summed E-state index contributed by atoms with van der Waals surface area (Å²) in [5.41, 5.74) is 4.02. The summed E-state index contributed by atoms with van der Waals surface area (Å²) in [4.78, 5) is 19.1. The molecule has 2 aromatic heterocycles. The summed E-state index contributed by atoms with van der Waals surface area (Å²) >= 11 is 6.54. The van der Waals surface area contributed by atoms with E-state index < -0.39 is 0 Å². The molecule has 4 aromatic rings. The van der Waals surface area contributed by atoms with Crippen molar-refractivity contribution in [1.29, 1.82) is 0 Å². The third-order valence-corrected chi connectivity index (χ3v) is 7.10. The van der Waals surface area contributed by atoms with Gasteiger partial charge in [-0.3, -0.25) is 4.79 Å². The molecule has 2 aromatic carbocycles. The monoisotopic (exact) mass is 521 g/mol. The van der Waals surface area contributed by atoms with Crippen LogP contribution >= 0.6 is 11.6 Å². The molecule has 2 N–H and O–H groups in total. The van der Waals surface area contributed by atoms with Gasteiger partial charge in [-0.05, 0) is 74.9 Å². The lowest BCUT2D eigenvalue weighted by atomic mass is 9.99. The quantitative estimate of drug-likeness (QED) is 0.371. The SMILES string of the molecule is CN(C)C(Cn1nnc2ccc(-c3cc(NC(=O)C4CCCNC4)ncc3Cl)cc21)c1cccc(F)c1. The van der Waals surface area contributed by atoms with E-state index in [2.05, 4.69) is 25.9 Å². The summed E-state index contributed by atoms with van der Waals surface area (Å²) in [5.74, 6) is 0.0671. The topological polar surface area (TPSA) is 88.0 Å². The molecule has 10 heteroatoms. The van der Waals surface area contributed by atoms with Crippen molar-refractivity contribution in [3.8, 4) is 11.1 Å². The number of rotatable bonds is 7. The molecule has 0 bridgehead atoms. The molecule has 2 unspecified atom stereocenters. The van der Waals surface area contributed by atoms with E-state index in [1.807, 2.05) is 47.9 Å². The standard InChI is InChI=1S/C27H29ClFN7O/c1-35(2)25(18-5-3-7-20(29)11-18)16-36-24-12-17(8-9-23(24)33-34-36)21-13-26(31-15-22(21)28)32-27(37)19-6-4-10-30-14-19/h3,5,7-9,11-13,15,19,25,30H,4,6,10,14,16H2,1-2H3,(H,31,32,37). The lowest BCUT2D eigenvalue weighted by Crippen LogP contribution is -2.37. The molecule has 37 heavy (non-hydrogen) atoms. The number of halogens is 2. The third-order valence-electron chi connectivity index (χ3n) is 6.80. The van der Waals surface area contributed by atoms with Gasteiger partial charge >= 0.3 is 0 Å². The van der Waals surface area contributed by atoms with Crippen molar-refractivity contribution in [2.75, 3.05) is 32.5 Å². The van der Waals surface area contributed by atoms with Crippen molar-refractivity contribution in [2.24, 2.45) is 5.92 Å². The van der Waals surface area contributed by atoms with Gasteiger partial charge in [0.05, 0.1) is 29.0 Å². The van der Waals surface area contributed by atoms with Crippen LogP contribution in [0.4, 0.5) is 10.2 Å². The molecule has 1 aliphatic rings. The van der Waals surface area contributed by atoms with E-state index in [4.69, 9.17) is 11.6 Å². The minimum atomic E-state index is -0.273. The molecule has 0 radical (unpaired) electrons. The van der Waals surface area contributed by atoms with Gasteiger partial charge < -0.3 is 15.5 Å². The Kier molecular flexibility index (Phi) is 7.45. The summed E-state index contributed by atoms with van der Waals surface area (Å²) in [6.07, 6.45) is 3.39. The number of anilines is 1. The minimum Gasteiger partial charge on any atom is -0.316 e. The number of benzene rings is 2. The Labute approximate surface area is 219 Å². The summed E-state index contributed by atoms with van der Waals surface area (Å²) < 4.78 is 15.7. The maximum atomic E-state index is 13.9. The highest BCUT2D eigenvalue weighted by Crippen LogP contribution is 2.32. The maximum absolute atomic E-state index is 13.9. The third kappa shape index (κ3) is 5.64. The molecule has 1 fully saturated rings. The second kappa shape index (κ2) is 10.9. The van der Waals surface area contributed by atoms with Gasteiger partial charge in [0.2, 0.25) is 5.91 Å². The Balaban J connectivity index is 1.43. The van der Waals surface area contributed by atoms with Crippen LogP contribution in [0.25, 0.3) is 22.2 Å². The fourth-order valence-corrected chi connectivity index (χ4v) is 4.96. The number of nitrogens with one attached hydrogen (secondary N) is 2. The van der Waals surface area contributed by atoms with Crippen molar-refractivity contribution < 1.29 is 9.18 Å². The van der Waals surface area contributed by atoms with Gasteiger partial charge in [0, 0.05) is 18.3 Å². The van der Waals surface area contributed by atoms with Crippen LogP contribution in [-0.2, 0) is 11.3 Å². The van der Waals surface area contributed by atoms with Crippen molar-refractivity contribution in [1.82, 2.24) is 30.2 Å². The molecule has 0 saturated carbocycles. The number of aromatic nitrogens is 4. The normalized spacial score (nSPS) is 16.7. The van der Waals surface area contributed by atoms with E-state index in [0.29, 0.717) is 23.9 Å². The largest absolute Gasteiger partial charge is 0.316 e. The van der Waals surface area contributed by atoms with E-state index >= 15 is 0 Å². The molecule has 2 atom stereocenters. The Hall–Kier alpha value is -3.40. The molecule has 5 rings (SSSR count). The molecule has 3 heterocycles. The number of piperidine rings is 1. The second-order valence-corrected chi connectivity index (χ2v) is 10.00. The predicted molar refractivity (Wildman–Crippen MR) is 143 cm³/mol. The average Bonchev–Trinajstić information content (AvgIpc) is 3.30. The number of amides is 1. The lowest BCUT2D eigenvalue weighted by Gasteiger charge is -2.25. The van der Waals surface area contributed by atoms with E-state index in [9.17, 15) is 9.18 Å². The van der Waals surface area contributed by atoms with Gasteiger partial charge in [-0.2, -0.15) is 0 Å². The fraction of sp³-hybridized carbons (Fsp3) is 0.333. The molecule has 0 spiro atoms. The number of nitrogens with zero attached hydrogens (tertiary/aromatic N) is 5. The minimum absolute atomic E-state index is 0.0437. The van der Waals surface area contributed by atoms with E-state index in [0.717, 1.165) is 47.1 Å².